The molecule has 1 atom stereocenters. The van der Waals surface area contributed by atoms with E-state index in [4.69, 9.17) is 5.73 Å². The predicted molar refractivity (Wildman–Crippen MR) is 67.6 cm³/mol. The van der Waals surface area contributed by atoms with Crippen LogP contribution in [-0.4, -0.2) is 40.0 Å². The molecule has 2 rings (SSSR count). The zero-order chi connectivity index (χ0) is 14.2. The van der Waals surface area contributed by atoms with Gasteiger partial charge in [-0.25, -0.2) is 0 Å². The molecular weight excluding hydrogens is 248 g/mol. The van der Waals surface area contributed by atoms with Crippen molar-refractivity contribution in [1.29, 1.82) is 0 Å². The van der Waals surface area contributed by atoms with E-state index in [1.165, 1.54) is 23.1 Å². The molecule has 19 heavy (non-hydrogen) atoms. The molecule has 1 fully saturated rings. The van der Waals surface area contributed by atoms with Crippen molar-refractivity contribution in [2.24, 2.45) is 11.1 Å². The Morgan fingerprint density at radius 3 is 2.63 bits per heavy atom. The van der Waals surface area contributed by atoms with Gasteiger partial charge in [0.15, 0.2) is 11.5 Å². The largest absolute Gasteiger partial charge is 0.504 e. The van der Waals surface area contributed by atoms with Crippen molar-refractivity contribution in [1.82, 2.24) is 4.90 Å². The normalized spacial score (nSPS) is 22.5. The molecule has 0 saturated carbocycles. The molecule has 0 spiro atoms. The first-order valence-electron chi connectivity index (χ1n) is 5.95. The van der Waals surface area contributed by atoms with E-state index in [2.05, 4.69) is 0 Å². The monoisotopic (exact) mass is 264 g/mol. The highest BCUT2D eigenvalue weighted by Crippen LogP contribution is 2.33. The second-order valence-corrected chi connectivity index (χ2v) is 5.07. The maximum Gasteiger partial charge on any atom is 0.257 e. The summed E-state index contributed by atoms with van der Waals surface area (Å²) in [4.78, 5) is 25.0. The van der Waals surface area contributed by atoms with E-state index in [1.54, 1.807) is 6.92 Å². The lowest BCUT2D eigenvalue weighted by atomic mass is 9.89. The first kappa shape index (κ1) is 13.2. The van der Waals surface area contributed by atoms with Gasteiger partial charge >= 0.3 is 0 Å². The fourth-order valence-electron chi connectivity index (χ4n) is 2.21. The molecule has 1 aliphatic heterocycles. The van der Waals surface area contributed by atoms with Crippen LogP contribution in [0.2, 0.25) is 0 Å². The van der Waals surface area contributed by atoms with Gasteiger partial charge in [0.2, 0.25) is 5.91 Å². The van der Waals surface area contributed by atoms with Gasteiger partial charge in [-0.15, -0.1) is 0 Å². The summed E-state index contributed by atoms with van der Waals surface area (Å²) < 4.78 is 0. The number of carbonyl (C=O) groups is 2. The van der Waals surface area contributed by atoms with Crippen LogP contribution in [-0.2, 0) is 4.79 Å². The van der Waals surface area contributed by atoms with E-state index in [9.17, 15) is 19.8 Å². The summed E-state index contributed by atoms with van der Waals surface area (Å²) in [5.74, 6) is -1.65. The minimum atomic E-state index is -0.734. The van der Waals surface area contributed by atoms with Crippen molar-refractivity contribution in [2.75, 3.05) is 13.1 Å². The van der Waals surface area contributed by atoms with Gasteiger partial charge in [-0.2, -0.15) is 0 Å². The average Bonchev–Trinajstić information content (AvgIpc) is 2.76. The number of hydrogen-bond acceptors (Lipinski definition) is 4. The molecule has 102 valence electrons. The third-order valence-electron chi connectivity index (χ3n) is 3.60. The number of carbonyl (C=O) groups excluding carboxylic acids is 2. The number of likely N-dealkylation sites (tertiary alicyclic amines) is 1. The Hall–Kier alpha value is -2.24. The molecule has 0 bridgehead atoms. The minimum absolute atomic E-state index is 0.0220. The second-order valence-electron chi connectivity index (χ2n) is 5.07. The molecule has 6 nitrogen and oxygen atoms in total. The maximum atomic E-state index is 12.2. The van der Waals surface area contributed by atoms with E-state index >= 15 is 0 Å². The zero-order valence-electron chi connectivity index (χ0n) is 10.6. The van der Waals surface area contributed by atoms with Gasteiger partial charge in [0.05, 0.1) is 11.0 Å². The Bertz CT molecular complexity index is 543. The second kappa shape index (κ2) is 4.46. The molecule has 1 heterocycles. The predicted octanol–water partition coefficient (Wildman–Crippen LogP) is 0.435. The lowest BCUT2D eigenvalue weighted by molar-refractivity contribution is -0.126. The number of rotatable bonds is 2. The molecule has 0 aromatic heterocycles. The zero-order valence-corrected chi connectivity index (χ0v) is 10.6. The van der Waals surface area contributed by atoms with E-state index < -0.39 is 23.0 Å². The van der Waals surface area contributed by atoms with Crippen LogP contribution in [0.25, 0.3) is 0 Å². The average molecular weight is 264 g/mol. The van der Waals surface area contributed by atoms with Crippen LogP contribution in [0, 0.1) is 5.41 Å². The van der Waals surface area contributed by atoms with Crippen molar-refractivity contribution < 1.29 is 19.8 Å². The number of aromatic hydroxyl groups is 2. The summed E-state index contributed by atoms with van der Waals surface area (Å²) in [5, 5.41) is 19.1. The van der Waals surface area contributed by atoms with Crippen molar-refractivity contribution >= 4 is 11.8 Å². The Labute approximate surface area is 110 Å². The van der Waals surface area contributed by atoms with E-state index in [1.807, 2.05) is 0 Å². The first-order chi connectivity index (χ1) is 8.85. The van der Waals surface area contributed by atoms with Crippen LogP contribution in [0.4, 0.5) is 0 Å². The molecule has 1 saturated heterocycles. The summed E-state index contributed by atoms with van der Waals surface area (Å²) in [6, 6.07) is 4.20. The lowest BCUT2D eigenvalue weighted by Gasteiger charge is -2.21. The van der Waals surface area contributed by atoms with Crippen molar-refractivity contribution in [2.45, 2.75) is 13.3 Å². The van der Waals surface area contributed by atoms with Crippen molar-refractivity contribution in [3.05, 3.63) is 23.8 Å². The van der Waals surface area contributed by atoms with Crippen LogP contribution in [0.5, 0.6) is 11.5 Å². The number of hydrogen-bond donors (Lipinski definition) is 3. The van der Waals surface area contributed by atoms with Gasteiger partial charge < -0.3 is 20.8 Å². The number of nitrogens with zero attached hydrogens (tertiary/aromatic N) is 1. The molecule has 0 aliphatic carbocycles. The third kappa shape index (κ3) is 2.21. The number of phenolic OH excluding ortho intramolecular Hbond substituents is 2. The molecule has 1 aliphatic rings. The Kier molecular flexibility index (Phi) is 3.09. The Morgan fingerprint density at radius 1 is 1.37 bits per heavy atom. The number of primary amides is 1. The Morgan fingerprint density at radius 2 is 2.05 bits per heavy atom. The third-order valence-corrected chi connectivity index (χ3v) is 3.60. The van der Waals surface area contributed by atoms with E-state index in [0.717, 1.165) is 0 Å². The fourth-order valence-corrected chi connectivity index (χ4v) is 2.21. The summed E-state index contributed by atoms with van der Waals surface area (Å²) in [5.41, 5.74) is 4.61. The number of benzene rings is 1. The minimum Gasteiger partial charge on any atom is -0.504 e. The SMILES string of the molecule is CC1(C(N)=O)CCN(C(=O)c2cccc(O)c2O)C1. The van der Waals surface area contributed by atoms with Crippen molar-refractivity contribution in [3.63, 3.8) is 0 Å². The molecular formula is C13H16N2O4. The van der Waals surface area contributed by atoms with Gasteiger partial charge in [-0.3, -0.25) is 9.59 Å². The molecule has 4 N–H and O–H groups in total. The van der Waals surface area contributed by atoms with E-state index in [-0.39, 0.29) is 17.9 Å². The fraction of sp³-hybridized carbons (Fsp3) is 0.385. The summed E-state index contributed by atoms with van der Waals surface area (Å²) in [6.07, 6.45) is 0.494. The smallest absolute Gasteiger partial charge is 0.257 e. The van der Waals surface area contributed by atoms with E-state index in [0.29, 0.717) is 13.0 Å². The highest BCUT2D eigenvalue weighted by molar-refractivity contribution is 5.98. The van der Waals surface area contributed by atoms with Gasteiger partial charge in [0.1, 0.15) is 0 Å². The molecule has 2 amide bonds. The Balaban J connectivity index is 2.23. The van der Waals surface area contributed by atoms with Crippen LogP contribution >= 0.6 is 0 Å². The molecule has 6 heteroatoms. The van der Waals surface area contributed by atoms with Crippen LogP contribution in [0.15, 0.2) is 18.2 Å². The highest BCUT2D eigenvalue weighted by Gasteiger charge is 2.41. The number of phenols is 2. The molecule has 0 radical (unpaired) electrons. The van der Waals surface area contributed by atoms with Crippen LogP contribution in [0.3, 0.4) is 0 Å². The number of para-hydroxylation sites is 1. The first-order valence-corrected chi connectivity index (χ1v) is 5.95. The van der Waals surface area contributed by atoms with Crippen LogP contribution in [0.1, 0.15) is 23.7 Å². The highest BCUT2D eigenvalue weighted by atomic mass is 16.3. The van der Waals surface area contributed by atoms with Gasteiger partial charge in [0, 0.05) is 13.1 Å². The molecule has 1 aromatic carbocycles. The molecule has 1 aromatic rings. The molecule has 1 unspecified atom stereocenters. The number of amides is 2. The standard InChI is InChI=1S/C13H16N2O4/c1-13(12(14)19)5-6-15(7-13)11(18)8-3-2-4-9(16)10(8)17/h2-4,16-17H,5-7H2,1H3,(H2,14,19). The van der Waals surface area contributed by atoms with Crippen molar-refractivity contribution in [3.8, 4) is 11.5 Å². The van der Waals surface area contributed by atoms with Gasteiger partial charge in [-0.05, 0) is 25.5 Å². The topological polar surface area (TPSA) is 104 Å². The summed E-state index contributed by atoms with van der Waals surface area (Å²) in [7, 11) is 0. The maximum absolute atomic E-state index is 12.2. The van der Waals surface area contributed by atoms with Gasteiger partial charge in [-0.1, -0.05) is 6.07 Å². The lowest BCUT2D eigenvalue weighted by Crippen LogP contribution is -2.38. The number of nitrogens with two attached hydrogens (primary N) is 1. The quantitative estimate of drug-likeness (QED) is 0.674. The summed E-state index contributed by atoms with van der Waals surface area (Å²) >= 11 is 0. The summed E-state index contributed by atoms with van der Waals surface area (Å²) in [6.45, 7) is 2.33. The van der Waals surface area contributed by atoms with Crippen LogP contribution < -0.4 is 5.73 Å². The van der Waals surface area contributed by atoms with Gasteiger partial charge in [0.25, 0.3) is 5.91 Å².